The Morgan fingerprint density at radius 3 is 2.76 bits per heavy atom. The molecule has 9 nitrogen and oxygen atoms in total. The second-order valence-corrected chi connectivity index (χ2v) is 9.09. The summed E-state index contributed by atoms with van der Waals surface area (Å²) in [5.74, 6) is 1.54. The zero-order valence-corrected chi connectivity index (χ0v) is 21.4. The Morgan fingerprint density at radius 1 is 1.26 bits per heavy atom. The van der Waals surface area contributed by atoms with Crippen LogP contribution in [0.4, 0.5) is 17.1 Å². The molecule has 1 N–H and O–H groups in total. The third-order valence-electron chi connectivity index (χ3n) is 6.41. The molecule has 1 fully saturated rings. The van der Waals surface area contributed by atoms with Crippen molar-refractivity contribution in [3.63, 3.8) is 0 Å². The minimum atomic E-state index is -0.0932. The molecule has 5 rings (SSSR count). The van der Waals surface area contributed by atoms with Crippen LogP contribution < -0.4 is 14.8 Å². The van der Waals surface area contributed by atoms with Crippen LogP contribution in [-0.4, -0.2) is 47.1 Å². The molecular weight excluding hydrogens is 506 g/mol. The highest BCUT2D eigenvalue weighted by molar-refractivity contribution is 6.33. The van der Waals surface area contributed by atoms with Gasteiger partial charge in [-0.2, -0.15) is 0 Å². The van der Waals surface area contributed by atoms with Crippen LogP contribution in [0.2, 0.25) is 5.02 Å². The molecule has 38 heavy (non-hydrogen) atoms. The van der Waals surface area contributed by atoms with Crippen molar-refractivity contribution in [2.24, 2.45) is 0 Å². The number of fused-ring (bicyclic) bond motifs is 1. The Kier molecular flexibility index (Phi) is 7.15. The second-order valence-electron chi connectivity index (χ2n) is 8.68. The summed E-state index contributed by atoms with van der Waals surface area (Å²) < 4.78 is 17.4. The van der Waals surface area contributed by atoms with Gasteiger partial charge in [-0.3, -0.25) is 9.78 Å². The molecule has 10 heteroatoms. The van der Waals surface area contributed by atoms with Gasteiger partial charge in [0.2, 0.25) is 11.6 Å². The van der Waals surface area contributed by atoms with Gasteiger partial charge in [-0.1, -0.05) is 18.2 Å². The predicted molar refractivity (Wildman–Crippen MR) is 145 cm³/mol. The lowest BCUT2D eigenvalue weighted by molar-refractivity contribution is -0.127. The van der Waals surface area contributed by atoms with Crippen LogP contribution in [0.15, 0.2) is 66.2 Å². The van der Waals surface area contributed by atoms with Gasteiger partial charge < -0.3 is 24.1 Å². The maximum absolute atomic E-state index is 11.9. The number of methoxy groups -OCH3 is 1. The lowest BCUT2D eigenvalue weighted by Crippen LogP contribution is -2.41. The summed E-state index contributed by atoms with van der Waals surface area (Å²) in [5.41, 5.74) is 2.94. The van der Waals surface area contributed by atoms with Gasteiger partial charge in [0.05, 0.1) is 36.1 Å². The van der Waals surface area contributed by atoms with Crippen molar-refractivity contribution in [2.45, 2.75) is 18.9 Å². The van der Waals surface area contributed by atoms with E-state index in [0.29, 0.717) is 81.7 Å². The van der Waals surface area contributed by atoms with E-state index in [1.54, 1.807) is 30.3 Å². The first-order valence-corrected chi connectivity index (χ1v) is 12.3. The van der Waals surface area contributed by atoms with Crippen LogP contribution in [0, 0.1) is 6.57 Å². The molecule has 0 atom stereocenters. The van der Waals surface area contributed by atoms with Gasteiger partial charge in [-0.15, -0.1) is 0 Å². The van der Waals surface area contributed by atoms with E-state index in [9.17, 15) is 4.79 Å². The number of anilines is 2. The number of carbonyl (C=O) groups is 1. The number of aromatic nitrogens is 2. The zero-order valence-electron chi connectivity index (χ0n) is 20.6. The number of hydrogen-bond acceptors (Lipinski definition) is 7. The van der Waals surface area contributed by atoms with E-state index in [1.807, 2.05) is 18.2 Å². The lowest BCUT2D eigenvalue weighted by atomic mass is 10.1. The van der Waals surface area contributed by atoms with Crippen molar-refractivity contribution in [3.8, 4) is 22.8 Å². The number of nitrogens with one attached hydrogen (secondary N) is 1. The molecule has 2 aromatic heterocycles. The molecule has 1 aliphatic heterocycles. The van der Waals surface area contributed by atoms with E-state index in [-0.39, 0.29) is 12.0 Å². The second kappa shape index (κ2) is 10.8. The summed E-state index contributed by atoms with van der Waals surface area (Å²) in [6.45, 7) is 12.5. The Morgan fingerprint density at radius 2 is 2.08 bits per heavy atom. The minimum Gasteiger partial charge on any atom is -0.493 e. The average Bonchev–Trinajstić information content (AvgIpc) is 3.49. The number of piperidine rings is 1. The van der Waals surface area contributed by atoms with E-state index in [1.165, 1.54) is 18.7 Å². The van der Waals surface area contributed by atoms with Gasteiger partial charge in [0.1, 0.15) is 6.10 Å². The number of hydrogen-bond donors (Lipinski definition) is 1. The number of carbonyl (C=O) groups excluding carboxylic acids is 1. The van der Waals surface area contributed by atoms with E-state index in [2.05, 4.69) is 26.7 Å². The van der Waals surface area contributed by atoms with Crippen LogP contribution in [0.5, 0.6) is 11.5 Å². The van der Waals surface area contributed by atoms with E-state index in [4.69, 9.17) is 32.1 Å². The zero-order chi connectivity index (χ0) is 26.6. The van der Waals surface area contributed by atoms with Gasteiger partial charge in [0, 0.05) is 54.8 Å². The monoisotopic (exact) mass is 529 g/mol. The van der Waals surface area contributed by atoms with Crippen molar-refractivity contribution in [1.29, 1.82) is 0 Å². The number of likely N-dealkylation sites (tertiary alicyclic amines) is 1. The molecule has 0 aliphatic carbocycles. The fraction of sp³-hybridized carbons (Fsp3) is 0.214. The molecule has 4 aromatic rings. The quantitative estimate of drug-likeness (QED) is 0.218. The average molecular weight is 530 g/mol. The van der Waals surface area contributed by atoms with Crippen LogP contribution in [-0.2, 0) is 4.79 Å². The van der Waals surface area contributed by atoms with Crippen molar-refractivity contribution in [3.05, 3.63) is 78.2 Å². The summed E-state index contributed by atoms with van der Waals surface area (Å²) in [5, 5.41) is 4.58. The summed E-state index contributed by atoms with van der Waals surface area (Å²) in [7, 11) is 1.57. The molecule has 1 amide bonds. The third-order valence-corrected chi connectivity index (χ3v) is 6.74. The summed E-state index contributed by atoms with van der Waals surface area (Å²) in [4.78, 5) is 25.8. The Bertz CT molecular complexity index is 1540. The molecule has 0 unspecified atom stereocenters. The summed E-state index contributed by atoms with van der Waals surface area (Å²) in [6.07, 6.45) is 7.06. The maximum Gasteiger partial charge on any atom is 0.245 e. The molecule has 1 aliphatic rings. The first-order valence-electron chi connectivity index (χ1n) is 11.9. The minimum absolute atomic E-state index is 0.0751. The number of nitrogens with zero attached hydrogens (tertiary/aromatic N) is 4. The molecular formula is C28H24ClN5O4. The first-order chi connectivity index (χ1) is 18.5. The number of halogens is 1. The third kappa shape index (κ3) is 4.99. The Labute approximate surface area is 224 Å². The fourth-order valence-corrected chi connectivity index (χ4v) is 4.66. The highest BCUT2D eigenvalue weighted by Gasteiger charge is 2.24. The Hall–Kier alpha value is -4.55. The number of ether oxygens (including phenoxy) is 2. The molecule has 0 radical (unpaired) electrons. The molecule has 0 saturated carbocycles. The summed E-state index contributed by atoms with van der Waals surface area (Å²) in [6, 6.07) is 9.04. The van der Waals surface area contributed by atoms with E-state index in [0.717, 1.165) is 0 Å². The van der Waals surface area contributed by atoms with Crippen molar-refractivity contribution in [1.82, 2.24) is 14.9 Å². The van der Waals surface area contributed by atoms with Crippen molar-refractivity contribution >= 4 is 45.5 Å². The summed E-state index contributed by atoms with van der Waals surface area (Å²) >= 11 is 6.39. The van der Waals surface area contributed by atoms with Gasteiger partial charge in [-0.05, 0) is 30.3 Å². The van der Waals surface area contributed by atoms with Gasteiger partial charge in [0.15, 0.2) is 23.7 Å². The smallest absolute Gasteiger partial charge is 0.245 e. The topological polar surface area (TPSA) is 94.1 Å². The van der Waals surface area contributed by atoms with Gasteiger partial charge in [0.25, 0.3) is 0 Å². The molecule has 0 spiro atoms. The molecule has 3 heterocycles. The van der Waals surface area contributed by atoms with Gasteiger partial charge in [-0.25, -0.2) is 9.83 Å². The van der Waals surface area contributed by atoms with Crippen molar-refractivity contribution < 1.29 is 18.7 Å². The van der Waals surface area contributed by atoms with Crippen LogP contribution >= 0.6 is 11.6 Å². The Balaban J connectivity index is 1.49. The normalized spacial score (nSPS) is 13.7. The highest BCUT2D eigenvalue weighted by Crippen LogP contribution is 2.41. The molecule has 1 saturated heterocycles. The number of rotatable bonds is 7. The predicted octanol–water partition coefficient (Wildman–Crippen LogP) is 6.40. The highest BCUT2D eigenvalue weighted by atomic mass is 35.5. The fourth-order valence-electron chi connectivity index (χ4n) is 4.44. The largest absolute Gasteiger partial charge is 0.493 e. The van der Waals surface area contributed by atoms with Crippen LogP contribution in [0.25, 0.3) is 27.1 Å². The molecule has 2 aromatic carbocycles. The number of amides is 1. The van der Waals surface area contributed by atoms with E-state index >= 15 is 0 Å². The first kappa shape index (κ1) is 25.1. The van der Waals surface area contributed by atoms with Crippen molar-refractivity contribution in [2.75, 3.05) is 25.5 Å². The number of benzene rings is 2. The van der Waals surface area contributed by atoms with Crippen LogP contribution in [0.3, 0.4) is 0 Å². The van der Waals surface area contributed by atoms with E-state index < -0.39 is 0 Å². The maximum atomic E-state index is 11.9. The molecule has 0 bridgehead atoms. The SMILES string of the molecule is [C-]#[N+]c1cnc2cc(OC)c(OC3CCN(C(=O)C=C)CC3)cc2c1Nc1ccc(Cl)c(-c2cnco2)c1. The standard InChI is InChI=1S/C28H24ClN5O4/c1-4-27(35)34-9-7-18(8-10-34)38-25-12-20-22(13-24(25)36-3)32-14-23(30-2)28(20)33-17-5-6-21(29)19(11-17)26-15-31-16-37-26/h4-6,11-16,18H,1,7-10H2,3H3,(H,32,33). The molecule has 192 valence electrons. The lowest BCUT2D eigenvalue weighted by Gasteiger charge is -2.31. The number of pyridine rings is 1. The number of oxazole rings is 1. The van der Waals surface area contributed by atoms with Gasteiger partial charge >= 0.3 is 0 Å². The van der Waals surface area contributed by atoms with Crippen LogP contribution in [0.1, 0.15) is 12.8 Å².